The summed E-state index contributed by atoms with van der Waals surface area (Å²) in [7, 11) is -6.02. The van der Waals surface area contributed by atoms with Gasteiger partial charge in [0.15, 0.2) is 8.07 Å². The number of hydrogen-bond donors (Lipinski definition) is 0. The third kappa shape index (κ3) is 3.43. The molecule has 0 bridgehead atoms. The maximum atomic E-state index is 16.2. The number of hydrogen-bond acceptors (Lipinski definition) is 1. The smallest absolute Gasteiger partial charge is 0.181 e. The SMILES string of the molecule is CC(C)(C)P1(=O)c2ccccc2C2=C(c3ccccc3[Si]2(c2ccccc2)c2ccccc2)c2c1ccc1ccccc21. The van der Waals surface area contributed by atoms with Gasteiger partial charge in [-0.1, -0.05) is 160 Å². The van der Waals surface area contributed by atoms with Crippen molar-refractivity contribution in [2.75, 3.05) is 0 Å². The molecule has 0 aliphatic carbocycles. The van der Waals surface area contributed by atoms with E-state index in [1.165, 1.54) is 42.7 Å². The minimum atomic E-state index is -3.15. The minimum Gasteiger partial charge on any atom is -0.313 e. The van der Waals surface area contributed by atoms with Gasteiger partial charge in [0.1, 0.15) is 7.14 Å². The summed E-state index contributed by atoms with van der Waals surface area (Å²) in [5.41, 5.74) is 4.82. The Balaban J connectivity index is 1.70. The van der Waals surface area contributed by atoms with Crippen LogP contribution in [0.25, 0.3) is 21.5 Å². The number of fused-ring (bicyclic) bond motifs is 8. The van der Waals surface area contributed by atoms with Crippen LogP contribution in [0.3, 0.4) is 0 Å². The highest BCUT2D eigenvalue weighted by molar-refractivity contribution is 7.80. The van der Waals surface area contributed by atoms with Crippen molar-refractivity contribution in [2.45, 2.75) is 25.9 Å². The van der Waals surface area contributed by atoms with Gasteiger partial charge in [0.05, 0.1) is 0 Å². The normalized spacial score (nSPS) is 18.4. The van der Waals surface area contributed by atoms with E-state index in [1.807, 2.05) is 0 Å². The molecule has 0 fully saturated rings. The third-order valence-corrected chi connectivity index (χ3v) is 18.5. The third-order valence-electron chi connectivity index (χ3n) is 9.59. The zero-order valence-corrected chi connectivity index (χ0v) is 26.6. The highest BCUT2D eigenvalue weighted by Gasteiger charge is 2.55. The van der Waals surface area contributed by atoms with E-state index in [-0.39, 0.29) is 0 Å². The molecular weight excluding hydrogens is 555 g/mol. The van der Waals surface area contributed by atoms with Crippen molar-refractivity contribution in [1.29, 1.82) is 0 Å². The van der Waals surface area contributed by atoms with E-state index < -0.39 is 20.4 Å². The van der Waals surface area contributed by atoms with Crippen LogP contribution in [0.1, 0.15) is 37.5 Å². The van der Waals surface area contributed by atoms with Crippen LogP contribution in [0.2, 0.25) is 0 Å². The molecule has 0 radical (unpaired) electrons. The monoisotopic (exact) mass is 588 g/mol. The van der Waals surface area contributed by atoms with E-state index in [9.17, 15) is 0 Å². The second-order valence-corrected chi connectivity index (χ2v) is 20.0. The molecule has 0 amide bonds. The molecule has 2 aliphatic heterocycles. The number of rotatable bonds is 2. The van der Waals surface area contributed by atoms with Crippen LogP contribution in [0, 0.1) is 0 Å². The van der Waals surface area contributed by atoms with Gasteiger partial charge in [-0.15, -0.1) is 0 Å². The molecule has 2 aliphatic rings. The van der Waals surface area contributed by atoms with Crippen molar-refractivity contribution in [3.63, 3.8) is 0 Å². The molecule has 1 nitrogen and oxygen atoms in total. The molecule has 3 heteroatoms. The molecule has 43 heavy (non-hydrogen) atoms. The molecule has 0 aromatic heterocycles. The average Bonchev–Trinajstić information content (AvgIpc) is 3.30. The highest BCUT2D eigenvalue weighted by Crippen LogP contribution is 2.61. The Bertz CT molecular complexity index is 2100. The van der Waals surface area contributed by atoms with Crippen molar-refractivity contribution in [3.05, 3.63) is 162 Å². The highest BCUT2D eigenvalue weighted by atomic mass is 31.2. The van der Waals surface area contributed by atoms with E-state index in [2.05, 4.69) is 166 Å². The fraction of sp³-hybridized carbons (Fsp3) is 0.100. The first kappa shape index (κ1) is 26.4. The second kappa shape index (κ2) is 9.38. The zero-order chi connectivity index (χ0) is 29.4. The summed E-state index contributed by atoms with van der Waals surface area (Å²) in [6.45, 7) is 6.48. The molecule has 208 valence electrons. The Morgan fingerprint density at radius 3 is 1.77 bits per heavy atom. The van der Waals surface area contributed by atoms with E-state index >= 15 is 4.57 Å². The summed E-state index contributed by atoms with van der Waals surface area (Å²) in [6.07, 6.45) is 0. The molecule has 0 saturated heterocycles. The summed E-state index contributed by atoms with van der Waals surface area (Å²) in [5, 5.41) is 9.30. The lowest BCUT2D eigenvalue weighted by Crippen LogP contribution is -2.67. The van der Waals surface area contributed by atoms with E-state index in [0.29, 0.717) is 0 Å². The van der Waals surface area contributed by atoms with E-state index in [1.54, 1.807) is 0 Å². The predicted octanol–water partition coefficient (Wildman–Crippen LogP) is 7.25. The quantitative estimate of drug-likeness (QED) is 0.154. The van der Waals surface area contributed by atoms with Gasteiger partial charge < -0.3 is 4.57 Å². The van der Waals surface area contributed by atoms with Gasteiger partial charge in [0, 0.05) is 21.3 Å². The molecule has 8 rings (SSSR count). The van der Waals surface area contributed by atoms with Gasteiger partial charge in [-0.05, 0) is 54.3 Å². The van der Waals surface area contributed by atoms with Crippen molar-refractivity contribution in [1.82, 2.24) is 0 Å². The Hall–Kier alpha value is -4.23. The van der Waals surface area contributed by atoms with Gasteiger partial charge in [-0.2, -0.15) is 0 Å². The summed E-state index contributed by atoms with van der Waals surface area (Å²) in [5.74, 6) is 0. The van der Waals surface area contributed by atoms with Gasteiger partial charge in [0.25, 0.3) is 0 Å². The molecule has 2 heterocycles. The topological polar surface area (TPSA) is 17.1 Å². The van der Waals surface area contributed by atoms with Crippen molar-refractivity contribution >= 4 is 62.9 Å². The van der Waals surface area contributed by atoms with Gasteiger partial charge in [-0.3, -0.25) is 0 Å². The van der Waals surface area contributed by atoms with Crippen molar-refractivity contribution in [3.8, 4) is 0 Å². The van der Waals surface area contributed by atoms with Crippen LogP contribution in [0.15, 0.2) is 146 Å². The summed E-state index contributed by atoms with van der Waals surface area (Å²) in [4.78, 5) is 0. The van der Waals surface area contributed by atoms with Crippen LogP contribution >= 0.6 is 7.14 Å². The maximum Gasteiger partial charge on any atom is 0.181 e. The Morgan fingerprint density at radius 1 is 0.535 bits per heavy atom. The van der Waals surface area contributed by atoms with Crippen molar-refractivity contribution < 1.29 is 4.57 Å². The van der Waals surface area contributed by atoms with E-state index in [4.69, 9.17) is 0 Å². The second-order valence-electron chi connectivity index (χ2n) is 12.8. The molecule has 1 unspecified atom stereocenters. The lowest BCUT2D eigenvalue weighted by molar-refractivity contribution is 0.564. The Kier molecular flexibility index (Phi) is 5.76. The Morgan fingerprint density at radius 2 is 1.09 bits per heavy atom. The molecule has 6 aromatic rings. The molecular formula is C40H33OPSi. The fourth-order valence-corrected chi connectivity index (χ4v) is 16.7. The van der Waals surface area contributed by atoms with E-state index in [0.717, 1.165) is 21.7 Å². The van der Waals surface area contributed by atoms with Gasteiger partial charge in [-0.25, -0.2) is 0 Å². The molecule has 1 atom stereocenters. The predicted molar refractivity (Wildman–Crippen MR) is 187 cm³/mol. The largest absolute Gasteiger partial charge is 0.313 e. The first-order valence-corrected chi connectivity index (χ1v) is 18.8. The molecule has 0 N–H and O–H groups in total. The lowest BCUT2D eigenvalue weighted by Gasteiger charge is -2.37. The summed E-state index contributed by atoms with van der Waals surface area (Å²) >= 11 is 0. The lowest BCUT2D eigenvalue weighted by atomic mass is 9.91. The summed E-state index contributed by atoms with van der Waals surface area (Å²) in [6, 6.07) is 53.0. The fourth-order valence-electron chi connectivity index (χ4n) is 7.82. The zero-order valence-electron chi connectivity index (χ0n) is 24.7. The van der Waals surface area contributed by atoms with Crippen LogP contribution < -0.4 is 26.2 Å². The minimum absolute atomic E-state index is 0.483. The van der Waals surface area contributed by atoms with Gasteiger partial charge in [0.2, 0.25) is 0 Å². The Labute approximate surface area is 255 Å². The van der Waals surface area contributed by atoms with Crippen LogP contribution in [0.5, 0.6) is 0 Å². The summed E-state index contributed by atoms with van der Waals surface area (Å²) < 4.78 is 16.2. The average molecular weight is 589 g/mol. The van der Waals surface area contributed by atoms with Crippen LogP contribution in [-0.4, -0.2) is 13.2 Å². The first-order valence-electron chi connectivity index (χ1n) is 15.1. The van der Waals surface area contributed by atoms with Gasteiger partial charge >= 0.3 is 0 Å². The van der Waals surface area contributed by atoms with Crippen LogP contribution in [-0.2, 0) is 4.57 Å². The van der Waals surface area contributed by atoms with Crippen molar-refractivity contribution in [2.24, 2.45) is 0 Å². The van der Waals surface area contributed by atoms with Crippen LogP contribution in [0.4, 0.5) is 0 Å². The standard InChI is InChI=1S/C40H33OPSi/c1-40(2,3)42(41)34-24-14-12-22-32(34)39-38(37-31-21-11-10-16-28(31)26-27-35(37)42)33-23-13-15-25-36(33)43(39,29-17-6-4-7-18-29)30-19-8-5-9-20-30/h4-27H,1-3H3. The molecule has 0 spiro atoms. The maximum absolute atomic E-state index is 16.2. The molecule has 6 aromatic carbocycles. The molecule has 0 saturated carbocycles. The number of benzene rings is 6. The first-order chi connectivity index (χ1) is 20.9.